The van der Waals surface area contributed by atoms with E-state index < -0.39 is 0 Å². The van der Waals surface area contributed by atoms with Crippen LogP contribution in [0, 0.1) is 5.41 Å². The van der Waals surface area contributed by atoms with E-state index in [0.717, 1.165) is 13.2 Å². The lowest BCUT2D eigenvalue weighted by Gasteiger charge is -2.37. The van der Waals surface area contributed by atoms with Gasteiger partial charge in [0.25, 0.3) is 0 Å². The maximum atomic E-state index is 6.08. The molecule has 0 aliphatic rings. The van der Waals surface area contributed by atoms with Crippen molar-refractivity contribution in [3.8, 4) is 0 Å². The summed E-state index contributed by atoms with van der Waals surface area (Å²) in [6.07, 6.45) is 9.50. The zero-order valence-corrected chi connectivity index (χ0v) is 14.9. The van der Waals surface area contributed by atoms with Crippen molar-refractivity contribution in [2.75, 3.05) is 13.2 Å². The third kappa shape index (κ3) is 8.97. The molecule has 0 aromatic heterocycles. The van der Waals surface area contributed by atoms with Gasteiger partial charge in [-0.3, -0.25) is 0 Å². The van der Waals surface area contributed by atoms with Gasteiger partial charge in [0.05, 0.1) is 6.10 Å². The van der Waals surface area contributed by atoms with E-state index in [1.165, 1.54) is 44.9 Å². The number of hydrogen-bond acceptors (Lipinski definition) is 2. The first-order valence-corrected chi connectivity index (χ1v) is 8.82. The smallest absolute Gasteiger partial charge is 0.0775 e. The fraction of sp³-hybridized carbons (Fsp3) is 1.00. The van der Waals surface area contributed by atoms with Gasteiger partial charge >= 0.3 is 0 Å². The summed E-state index contributed by atoms with van der Waals surface area (Å²) < 4.78 is 6.08. The van der Waals surface area contributed by atoms with Crippen molar-refractivity contribution < 1.29 is 4.74 Å². The molecule has 2 atom stereocenters. The summed E-state index contributed by atoms with van der Waals surface area (Å²) >= 11 is 0. The van der Waals surface area contributed by atoms with Gasteiger partial charge in [-0.15, -0.1) is 0 Å². The Balaban J connectivity index is 4.40. The molecule has 0 bridgehead atoms. The highest BCUT2D eigenvalue weighted by molar-refractivity contribution is 4.86. The second-order valence-corrected chi connectivity index (χ2v) is 7.01. The lowest BCUT2D eigenvalue weighted by atomic mass is 9.82. The topological polar surface area (TPSA) is 21.3 Å². The van der Waals surface area contributed by atoms with Crippen molar-refractivity contribution >= 4 is 0 Å². The van der Waals surface area contributed by atoms with Crippen LogP contribution in [0.2, 0.25) is 0 Å². The minimum atomic E-state index is 0.199. The summed E-state index contributed by atoms with van der Waals surface area (Å²) in [6, 6.07) is 0.497. The van der Waals surface area contributed by atoms with Crippen LogP contribution in [-0.2, 0) is 4.74 Å². The zero-order valence-electron chi connectivity index (χ0n) is 14.9. The van der Waals surface area contributed by atoms with Gasteiger partial charge in [0.2, 0.25) is 0 Å². The Kier molecular flexibility index (Phi) is 11.5. The minimum Gasteiger partial charge on any atom is -0.376 e. The molecule has 0 saturated heterocycles. The van der Waals surface area contributed by atoms with Crippen LogP contribution in [0.1, 0.15) is 86.5 Å². The Labute approximate surface area is 128 Å². The van der Waals surface area contributed by atoms with E-state index in [1.807, 2.05) is 0 Å². The van der Waals surface area contributed by atoms with Crippen LogP contribution in [0.4, 0.5) is 0 Å². The molecule has 0 rings (SSSR count). The SMILES string of the molecule is CCCCCCCC(NCCC)C(OCC)C(C)(C)C. The van der Waals surface area contributed by atoms with Gasteiger partial charge in [-0.2, -0.15) is 0 Å². The first kappa shape index (κ1) is 19.9. The van der Waals surface area contributed by atoms with E-state index in [1.54, 1.807) is 0 Å². The van der Waals surface area contributed by atoms with Gasteiger partial charge in [-0.25, -0.2) is 0 Å². The van der Waals surface area contributed by atoms with Crippen LogP contribution in [0.15, 0.2) is 0 Å². The molecular formula is C18H39NO. The lowest BCUT2D eigenvalue weighted by Crippen LogP contribution is -2.48. The standard InChI is InChI=1S/C18H39NO/c1-7-10-11-12-13-14-16(19-15-8-2)17(20-9-3)18(4,5)6/h16-17,19H,7-15H2,1-6H3. The number of nitrogens with one attached hydrogen (secondary N) is 1. The van der Waals surface area contributed by atoms with Gasteiger partial charge in [-0.1, -0.05) is 66.7 Å². The highest BCUT2D eigenvalue weighted by Gasteiger charge is 2.32. The third-order valence-corrected chi connectivity index (χ3v) is 3.84. The largest absolute Gasteiger partial charge is 0.376 e. The number of ether oxygens (including phenoxy) is 1. The lowest BCUT2D eigenvalue weighted by molar-refractivity contribution is -0.0378. The first-order valence-electron chi connectivity index (χ1n) is 8.82. The molecule has 0 spiro atoms. The van der Waals surface area contributed by atoms with Crippen LogP contribution in [0.5, 0.6) is 0 Å². The van der Waals surface area contributed by atoms with Gasteiger partial charge in [0.1, 0.15) is 0 Å². The monoisotopic (exact) mass is 285 g/mol. The molecule has 2 unspecified atom stereocenters. The van der Waals surface area contributed by atoms with E-state index in [0.29, 0.717) is 12.1 Å². The summed E-state index contributed by atoms with van der Waals surface area (Å²) in [5.41, 5.74) is 0.199. The summed E-state index contributed by atoms with van der Waals surface area (Å²) in [7, 11) is 0. The predicted molar refractivity (Wildman–Crippen MR) is 90.3 cm³/mol. The average Bonchev–Trinajstić information content (AvgIpc) is 2.38. The zero-order chi connectivity index (χ0) is 15.4. The van der Waals surface area contributed by atoms with Crippen molar-refractivity contribution in [1.82, 2.24) is 5.32 Å². The molecule has 0 aliphatic carbocycles. The second kappa shape index (κ2) is 11.6. The Hall–Kier alpha value is -0.0800. The molecule has 0 saturated carbocycles. The maximum absolute atomic E-state index is 6.08. The normalized spacial score (nSPS) is 15.3. The van der Waals surface area contributed by atoms with E-state index in [-0.39, 0.29) is 5.41 Å². The summed E-state index contributed by atoms with van der Waals surface area (Å²) in [5, 5.41) is 3.73. The highest BCUT2D eigenvalue weighted by Crippen LogP contribution is 2.27. The Morgan fingerprint density at radius 3 is 2.05 bits per heavy atom. The van der Waals surface area contributed by atoms with Crippen LogP contribution < -0.4 is 5.32 Å². The van der Waals surface area contributed by atoms with Crippen molar-refractivity contribution in [3.05, 3.63) is 0 Å². The molecule has 20 heavy (non-hydrogen) atoms. The number of unbranched alkanes of at least 4 members (excludes halogenated alkanes) is 4. The minimum absolute atomic E-state index is 0.199. The molecular weight excluding hydrogens is 246 g/mol. The molecule has 0 aromatic carbocycles. The maximum Gasteiger partial charge on any atom is 0.0775 e. The Morgan fingerprint density at radius 1 is 0.900 bits per heavy atom. The highest BCUT2D eigenvalue weighted by atomic mass is 16.5. The van der Waals surface area contributed by atoms with Crippen LogP contribution >= 0.6 is 0 Å². The molecule has 0 aliphatic heterocycles. The summed E-state index contributed by atoms with van der Waals surface area (Å²) in [5.74, 6) is 0. The van der Waals surface area contributed by atoms with E-state index >= 15 is 0 Å². The van der Waals surface area contributed by atoms with E-state index in [9.17, 15) is 0 Å². The molecule has 122 valence electrons. The summed E-state index contributed by atoms with van der Waals surface area (Å²) in [4.78, 5) is 0. The predicted octanol–water partition coefficient (Wildman–Crippen LogP) is 5.17. The van der Waals surface area contributed by atoms with Crippen molar-refractivity contribution in [1.29, 1.82) is 0 Å². The molecule has 2 heteroatoms. The molecule has 0 aromatic rings. The van der Waals surface area contributed by atoms with Crippen molar-refractivity contribution in [3.63, 3.8) is 0 Å². The Bertz CT molecular complexity index is 210. The molecule has 0 fully saturated rings. The second-order valence-electron chi connectivity index (χ2n) is 7.01. The Morgan fingerprint density at radius 2 is 1.55 bits per heavy atom. The quantitative estimate of drug-likeness (QED) is 0.500. The van der Waals surface area contributed by atoms with Gasteiger partial charge in [0, 0.05) is 12.6 Å². The molecule has 0 radical (unpaired) electrons. The molecule has 1 N–H and O–H groups in total. The average molecular weight is 286 g/mol. The van der Waals surface area contributed by atoms with Crippen molar-refractivity contribution in [2.24, 2.45) is 5.41 Å². The third-order valence-electron chi connectivity index (χ3n) is 3.84. The fourth-order valence-electron chi connectivity index (χ4n) is 2.81. The summed E-state index contributed by atoms with van der Waals surface area (Å²) in [6.45, 7) is 15.4. The molecule has 0 amide bonds. The van der Waals surface area contributed by atoms with Crippen LogP contribution in [-0.4, -0.2) is 25.3 Å². The molecule has 2 nitrogen and oxygen atoms in total. The fourth-order valence-corrected chi connectivity index (χ4v) is 2.81. The van der Waals surface area contributed by atoms with E-state index in [4.69, 9.17) is 4.74 Å². The first-order chi connectivity index (χ1) is 9.47. The van der Waals surface area contributed by atoms with Crippen LogP contribution in [0.3, 0.4) is 0 Å². The van der Waals surface area contributed by atoms with Gasteiger partial charge < -0.3 is 10.1 Å². The van der Waals surface area contributed by atoms with Crippen molar-refractivity contribution in [2.45, 2.75) is 98.6 Å². The molecule has 0 heterocycles. The van der Waals surface area contributed by atoms with Gasteiger partial charge in [-0.05, 0) is 31.7 Å². The van der Waals surface area contributed by atoms with E-state index in [2.05, 4.69) is 46.9 Å². The van der Waals surface area contributed by atoms with Gasteiger partial charge in [0.15, 0.2) is 0 Å². The van der Waals surface area contributed by atoms with Crippen LogP contribution in [0.25, 0.3) is 0 Å². The number of hydrogen-bond donors (Lipinski definition) is 1. The number of rotatable bonds is 12.